The fourth-order valence-corrected chi connectivity index (χ4v) is 3.84. The molecule has 0 fully saturated rings. The molecule has 7 heteroatoms. The first-order chi connectivity index (χ1) is 15.2. The van der Waals surface area contributed by atoms with Crippen LogP contribution in [0.15, 0.2) is 60.9 Å². The SMILES string of the molecule is COc1ccc2[nH]cc(CCNc3nc(C)cc(Nc4cccc5[nH]ccc45)n3)c2c1. The lowest BCUT2D eigenvalue weighted by Gasteiger charge is -2.11. The van der Waals surface area contributed by atoms with E-state index in [2.05, 4.69) is 48.8 Å². The fraction of sp³-hybridized carbons (Fsp3) is 0.167. The number of aryl methyl sites for hydroxylation is 1. The normalized spacial score (nSPS) is 11.2. The number of aromatic amines is 2. The van der Waals surface area contributed by atoms with Crippen molar-refractivity contribution in [1.29, 1.82) is 0 Å². The number of fused-ring (bicyclic) bond motifs is 2. The number of benzene rings is 2. The number of hydrogen-bond donors (Lipinski definition) is 4. The number of aromatic nitrogens is 4. The third-order valence-corrected chi connectivity index (χ3v) is 5.36. The largest absolute Gasteiger partial charge is 0.497 e. The minimum absolute atomic E-state index is 0.612. The van der Waals surface area contributed by atoms with Crippen LogP contribution in [-0.2, 0) is 6.42 Å². The first-order valence-corrected chi connectivity index (χ1v) is 10.3. The van der Waals surface area contributed by atoms with Crippen molar-refractivity contribution in [2.45, 2.75) is 13.3 Å². The van der Waals surface area contributed by atoms with Crippen molar-refractivity contribution in [1.82, 2.24) is 19.9 Å². The second-order valence-electron chi connectivity index (χ2n) is 7.49. The van der Waals surface area contributed by atoms with Crippen molar-refractivity contribution < 1.29 is 4.74 Å². The Bertz CT molecular complexity index is 1350. The van der Waals surface area contributed by atoms with Gasteiger partial charge in [0.1, 0.15) is 11.6 Å². The van der Waals surface area contributed by atoms with Crippen LogP contribution in [0.2, 0.25) is 0 Å². The van der Waals surface area contributed by atoms with Gasteiger partial charge in [-0.15, -0.1) is 0 Å². The van der Waals surface area contributed by atoms with E-state index < -0.39 is 0 Å². The highest BCUT2D eigenvalue weighted by Gasteiger charge is 2.08. The van der Waals surface area contributed by atoms with Crippen molar-refractivity contribution in [2.75, 3.05) is 24.3 Å². The topological polar surface area (TPSA) is 90.6 Å². The van der Waals surface area contributed by atoms with Crippen molar-refractivity contribution in [3.63, 3.8) is 0 Å². The van der Waals surface area contributed by atoms with Gasteiger partial charge in [0.15, 0.2) is 0 Å². The van der Waals surface area contributed by atoms with Gasteiger partial charge in [0, 0.05) is 58.2 Å². The molecule has 0 amide bonds. The average molecular weight is 412 g/mol. The highest BCUT2D eigenvalue weighted by Crippen LogP contribution is 2.26. The third kappa shape index (κ3) is 3.90. The second kappa shape index (κ2) is 8.02. The van der Waals surface area contributed by atoms with E-state index in [0.29, 0.717) is 5.95 Å². The standard InChI is InChI=1S/C24H24N6O/c1-15-12-23(29-22-5-3-4-20-18(22)9-11-25-20)30-24(28-15)26-10-8-16-14-27-21-7-6-17(31-2)13-19(16)21/h3-7,9,11-14,25,27H,8,10H2,1-2H3,(H2,26,28,29,30). The third-order valence-electron chi connectivity index (χ3n) is 5.36. The molecule has 0 saturated carbocycles. The lowest BCUT2D eigenvalue weighted by atomic mass is 10.1. The molecule has 5 aromatic rings. The van der Waals surface area contributed by atoms with Crippen LogP contribution in [0.1, 0.15) is 11.3 Å². The maximum atomic E-state index is 5.36. The molecule has 0 atom stereocenters. The Morgan fingerprint density at radius 2 is 1.87 bits per heavy atom. The van der Waals surface area contributed by atoms with E-state index in [1.165, 1.54) is 10.9 Å². The van der Waals surface area contributed by atoms with E-state index in [1.807, 2.05) is 49.6 Å². The molecule has 0 spiro atoms. The number of anilines is 3. The maximum absolute atomic E-state index is 5.36. The van der Waals surface area contributed by atoms with Crippen molar-refractivity contribution in [3.8, 4) is 5.75 Å². The molecule has 5 rings (SSSR count). The molecule has 0 aliphatic rings. The van der Waals surface area contributed by atoms with Crippen LogP contribution < -0.4 is 15.4 Å². The number of nitrogens with zero attached hydrogens (tertiary/aromatic N) is 2. The molecule has 3 aromatic heterocycles. The van der Waals surface area contributed by atoms with Crippen molar-refractivity contribution in [3.05, 3.63) is 72.2 Å². The monoisotopic (exact) mass is 412 g/mol. The number of ether oxygens (including phenoxy) is 1. The number of methoxy groups -OCH3 is 1. The van der Waals surface area contributed by atoms with Gasteiger partial charge in [-0.2, -0.15) is 4.98 Å². The molecule has 3 heterocycles. The molecule has 0 bridgehead atoms. The van der Waals surface area contributed by atoms with Gasteiger partial charge in [-0.1, -0.05) is 6.07 Å². The van der Waals surface area contributed by atoms with Crippen LogP contribution in [0.25, 0.3) is 21.8 Å². The number of nitrogens with one attached hydrogen (secondary N) is 4. The van der Waals surface area contributed by atoms with Crippen LogP contribution >= 0.6 is 0 Å². The minimum Gasteiger partial charge on any atom is -0.497 e. The molecule has 0 aliphatic carbocycles. The first-order valence-electron chi connectivity index (χ1n) is 10.3. The van der Waals surface area contributed by atoms with Crippen molar-refractivity contribution >= 4 is 39.3 Å². The molecule has 0 unspecified atom stereocenters. The van der Waals surface area contributed by atoms with E-state index in [1.54, 1.807) is 7.11 Å². The van der Waals surface area contributed by atoms with Gasteiger partial charge in [0.25, 0.3) is 0 Å². The smallest absolute Gasteiger partial charge is 0.224 e. The Balaban J connectivity index is 1.30. The summed E-state index contributed by atoms with van der Waals surface area (Å²) in [6.45, 7) is 2.70. The molecule has 0 aliphatic heterocycles. The van der Waals surface area contributed by atoms with E-state index in [9.17, 15) is 0 Å². The summed E-state index contributed by atoms with van der Waals surface area (Å²) in [5, 5.41) is 9.09. The summed E-state index contributed by atoms with van der Waals surface area (Å²) >= 11 is 0. The van der Waals surface area contributed by atoms with Gasteiger partial charge >= 0.3 is 0 Å². The highest BCUT2D eigenvalue weighted by molar-refractivity contribution is 5.93. The molecule has 31 heavy (non-hydrogen) atoms. The summed E-state index contributed by atoms with van der Waals surface area (Å²) in [6, 6.07) is 16.2. The number of hydrogen-bond acceptors (Lipinski definition) is 5. The molecular weight excluding hydrogens is 388 g/mol. The number of rotatable bonds is 7. The van der Waals surface area contributed by atoms with E-state index in [0.717, 1.165) is 52.3 Å². The Morgan fingerprint density at radius 1 is 0.968 bits per heavy atom. The van der Waals surface area contributed by atoms with Crippen LogP contribution in [0.4, 0.5) is 17.5 Å². The maximum Gasteiger partial charge on any atom is 0.224 e. The Kier molecular flexibility index (Phi) is 4.92. The molecule has 156 valence electrons. The van der Waals surface area contributed by atoms with E-state index >= 15 is 0 Å². The molecule has 0 radical (unpaired) electrons. The molecular formula is C24H24N6O. The van der Waals surface area contributed by atoms with Gasteiger partial charge in [-0.25, -0.2) is 4.98 Å². The minimum atomic E-state index is 0.612. The van der Waals surface area contributed by atoms with E-state index in [4.69, 9.17) is 4.74 Å². The van der Waals surface area contributed by atoms with Gasteiger partial charge in [0.05, 0.1) is 7.11 Å². The summed E-state index contributed by atoms with van der Waals surface area (Å²) in [6.07, 6.45) is 4.83. The Hall–Kier alpha value is -4.00. The van der Waals surface area contributed by atoms with Crippen LogP contribution in [0, 0.1) is 6.92 Å². The summed E-state index contributed by atoms with van der Waals surface area (Å²) in [5.41, 5.74) is 5.33. The Morgan fingerprint density at radius 3 is 2.77 bits per heavy atom. The van der Waals surface area contributed by atoms with E-state index in [-0.39, 0.29) is 0 Å². The predicted octanol–water partition coefficient (Wildman–Crippen LogP) is 5.15. The lowest BCUT2D eigenvalue weighted by Crippen LogP contribution is -2.09. The first kappa shape index (κ1) is 19.0. The van der Waals surface area contributed by atoms with Crippen LogP contribution in [0.5, 0.6) is 5.75 Å². The summed E-state index contributed by atoms with van der Waals surface area (Å²) in [4.78, 5) is 15.8. The zero-order valence-corrected chi connectivity index (χ0v) is 17.5. The highest BCUT2D eigenvalue weighted by atomic mass is 16.5. The average Bonchev–Trinajstić information content (AvgIpc) is 3.41. The summed E-state index contributed by atoms with van der Waals surface area (Å²) in [7, 11) is 1.69. The van der Waals surface area contributed by atoms with Gasteiger partial charge < -0.3 is 25.3 Å². The Labute approximate surface area is 179 Å². The zero-order valence-electron chi connectivity index (χ0n) is 17.5. The number of H-pyrrole nitrogens is 2. The van der Waals surface area contributed by atoms with Crippen LogP contribution in [-0.4, -0.2) is 33.6 Å². The molecule has 7 nitrogen and oxygen atoms in total. The molecule has 2 aromatic carbocycles. The molecule has 0 saturated heterocycles. The quantitative estimate of drug-likeness (QED) is 0.297. The van der Waals surface area contributed by atoms with Crippen LogP contribution in [0.3, 0.4) is 0 Å². The predicted molar refractivity (Wildman–Crippen MR) is 125 cm³/mol. The summed E-state index contributed by atoms with van der Waals surface area (Å²) in [5.74, 6) is 2.23. The van der Waals surface area contributed by atoms with Gasteiger partial charge in [-0.3, -0.25) is 0 Å². The van der Waals surface area contributed by atoms with Gasteiger partial charge in [-0.05, 0) is 55.3 Å². The second-order valence-corrected chi connectivity index (χ2v) is 7.49. The lowest BCUT2D eigenvalue weighted by molar-refractivity contribution is 0.415. The van der Waals surface area contributed by atoms with Crippen molar-refractivity contribution in [2.24, 2.45) is 0 Å². The molecule has 4 N–H and O–H groups in total. The summed E-state index contributed by atoms with van der Waals surface area (Å²) < 4.78 is 5.36. The fourth-order valence-electron chi connectivity index (χ4n) is 3.84. The zero-order chi connectivity index (χ0) is 21.2. The van der Waals surface area contributed by atoms with Gasteiger partial charge in [0.2, 0.25) is 5.95 Å².